The zero-order chi connectivity index (χ0) is 19.2. The van der Waals surface area contributed by atoms with E-state index < -0.39 is 0 Å². The van der Waals surface area contributed by atoms with Crippen molar-refractivity contribution in [2.45, 2.75) is 27.7 Å². The van der Waals surface area contributed by atoms with Gasteiger partial charge in [-0.25, -0.2) is 0 Å². The molecule has 0 N–H and O–H groups in total. The van der Waals surface area contributed by atoms with E-state index in [4.69, 9.17) is 0 Å². The van der Waals surface area contributed by atoms with Crippen molar-refractivity contribution in [1.29, 1.82) is 0 Å². The van der Waals surface area contributed by atoms with Gasteiger partial charge >= 0.3 is 0 Å². The number of rotatable bonds is 2. The molecule has 3 aromatic carbocycles. The highest BCUT2D eigenvalue weighted by atomic mass is 79.9. The van der Waals surface area contributed by atoms with E-state index in [9.17, 15) is 0 Å². The molecule has 0 aliphatic heterocycles. The molecule has 26 heavy (non-hydrogen) atoms. The van der Waals surface area contributed by atoms with Gasteiger partial charge in [-0.05, 0) is 96.5 Å². The molecule has 0 saturated heterocycles. The lowest BCUT2D eigenvalue weighted by atomic mass is 9.95. The maximum absolute atomic E-state index is 3.75. The molecular weight excluding hydrogens is 584 g/mol. The molecule has 0 atom stereocenters. The van der Waals surface area contributed by atoms with Crippen LogP contribution in [0.15, 0.2) is 54.3 Å². The molecule has 0 aromatic heterocycles. The average molecular weight is 602 g/mol. The molecule has 0 fully saturated rings. The molecular formula is C22H18Br4. The van der Waals surface area contributed by atoms with Gasteiger partial charge in [-0.15, -0.1) is 0 Å². The van der Waals surface area contributed by atoms with E-state index >= 15 is 0 Å². The normalized spacial score (nSPS) is 11.1. The van der Waals surface area contributed by atoms with Crippen LogP contribution in [0, 0.1) is 27.7 Å². The Morgan fingerprint density at radius 2 is 0.654 bits per heavy atom. The molecule has 0 aliphatic carbocycles. The zero-order valence-electron chi connectivity index (χ0n) is 15.0. The van der Waals surface area contributed by atoms with Crippen LogP contribution in [0.2, 0.25) is 0 Å². The van der Waals surface area contributed by atoms with Crippen molar-refractivity contribution in [3.63, 3.8) is 0 Å². The van der Waals surface area contributed by atoms with Crippen LogP contribution >= 0.6 is 63.7 Å². The van der Waals surface area contributed by atoms with E-state index in [2.05, 4.69) is 128 Å². The quantitative estimate of drug-likeness (QED) is 0.275. The number of benzene rings is 3. The third kappa shape index (κ3) is 3.89. The molecule has 3 rings (SSSR count). The standard InChI is InChI=1S/C22H18Br4/c1-11-5-15(19(23)7-13(11)3)17-9-18(22(26)10-21(17)25)16-6-12(2)14(4)8-20(16)24/h5-10H,1-4H3. The molecule has 0 heterocycles. The molecule has 0 aliphatic rings. The lowest BCUT2D eigenvalue weighted by Crippen LogP contribution is -1.91. The van der Waals surface area contributed by atoms with Crippen molar-refractivity contribution >= 4 is 63.7 Å². The topological polar surface area (TPSA) is 0 Å². The molecule has 0 unspecified atom stereocenters. The largest absolute Gasteiger partial charge is 0.0501 e. The first-order valence-electron chi connectivity index (χ1n) is 8.22. The van der Waals surface area contributed by atoms with Crippen LogP contribution in [0.3, 0.4) is 0 Å². The van der Waals surface area contributed by atoms with Crippen molar-refractivity contribution in [3.8, 4) is 22.3 Å². The smallest absolute Gasteiger partial charge is 0.0265 e. The van der Waals surface area contributed by atoms with Gasteiger partial charge in [0.25, 0.3) is 0 Å². The number of hydrogen-bond acceptors (Lipinski definition) is 0. The first-order chi connectivity index (χ1) is 12.2. The maximum atomic E-state index is 3.75. The predicted octanol–water partition coefficient (Wildman–Crippen LogP) is 9.30. The van der Waals surface area contributed by atoms with Crippen LogP contribution in [0.1, 0.15) is 22.3 Å². The second kappa shape index (κ2) is 7.90. The minimum atomic E-state index is 1.07. The molecule has 0 bridgehead atoms. The Bertz CT molecular complexity index is 941. The summed E-state index contributed by atoms with van der Waals surface area (Å²) in [4.78, 5) is 0. The summed E-state index contributed by atoms with van der Waals surface area (Å²) in [6, 6.07) is 13.2. The second-order valence-corrected chi connectivity index (χ2v) is 10.1. The molecule has 0 nitrogen and oxygen atoms in total. The van der Waals surface area contributed by atoms with Gasteiger partial charge in [0.2, 0.25) is 0 Å². The van der Waals surface area contributed by atoms with Crippen LogP contribution in [0.25, 0.3) is 22.3 Å². The minimum Gasteiger partial charge on any atom is -0.0501 e. The van der Waals surface area contributed by atoms with Gasteiger partial charge in [-0.3, -0.25) is 0 Å². The van der Waals surface area contributed by atoms with Crippen LogP contribution < -0.4 is 0 Å². The Morgan fingerprint density at radius 1 is 0.385 bits per heavy atom. The highest BCUT2D eigenvalue weighted by molar-refractivity contribution is 9.11. The second-order valence-electron chi connectivity index (χ2n) is 6.64. The van der Waals surface area contributed by atoms with Crippen molar-refractivity contribution in [1.82, 2.24) is 0 Å². The fourth-order valence-corrected chi connectivity index (χ4v) is 5.70. The molecule has 0 saturated carbocycles. The summed E-state index contributed by atoms with van der Waals surface area (Å²) < 4.78 is 4.34. The van der Waals surface area contributed by atoms with Gasteiger partial charge in [0.05, 0.1) is 0 Å². The average Bonchev–Trinajstić information content (AvgIpc) is 2.55. The minimum absolute atomic E-state index is 1.07. The molecule has 0 spiro atoms. The van der Waals surface area contributed by atoms with Crippen molar-refractivity contribution in [2.75, 3.05) is 0 Å². The van der Waals surface area contributed by atoms with Gasteiger partial charge in [0, 0.05) is 17.9 Å². The van der Waals surface area contributed by atoms with Crippen molar-refractivity contribution in [2.24, 2.45) is 0 Å². The summed E-state index contributed by atoms with van der Waals surface area (Å²) in [7, 11) is 0. The van der Waals surface area contributed by atoms with Crippen LogP contribution in [0.4, 0.5) is 0 Å². The maximum Gasteiger partial charge on any atom is 0.0265 e. The summed E-state index contributed by atoms with van der Waals surface area (Å²) in [5.74, 6) is 0. The lowest BCUT2D eigenvalue weighted by Gasteiger charge is -2.16. The van der Waals surface area contributed by atoms with Gasteiger partial charge in [0.1, 0.15) is 0 Å². The van der Waals surface area contributed by atoms with Crippen LogP contribution in [0.5, 0.6) is 0 Å². The summed E-state index contributed by atoms with van der Waals surface area (Å²) in [5.41, 5.74) is 9.85. The fraction of sp³-hybridized carbons (Fsp3) is 0.182. The first-order valence-corrected chi connectivity index (χ1v) is 11.4. The van der Waals surface area contributed by atoms with Gasteiger partial charge in [0.15, 0.2) is 0 Å². The molecule has 0 radical (unpaired) electrons. The van der Waals surface area contributed by atoms with E-state index in [1.807, 2.05) is 0 Å². The predicted molar refractivity (Wildman–Crippen MR) is 127 cm³/mol. The van der Waals surface area contributed by atoms with E-state index in [0.29, 0.717) is 0 Å². The number of aryl methyl sites for hydroxylation is 4. The summed E-state index contributed by atoms with van der Waals surface area (Å²) >= 11 is 15.0. The molecule has 4 heteroatoms. The summed E-state index contributed by atoms with van der Waals surface area (Å²) in [5, 5.41) is 0. The monoisotopic (exact) mass is 598 g/mol. The molecule has 0 amide bonds. The Morgan fingerprint density at radius 3 is 1.04 bits per heavy atom. The molecule has 3 aromatic rings. The Balaban J connectivity index is 2.27. The van der Waals surface area contributed by atoms with E-state index in [1.165, 1.54) is 44.5 Å². The van der Waals surface area contributed by atoms with Crippen molar-refractivity contribution in [3.05, 3.63) is 76.5 Å². The third-order valence-corrected chi connectivity index (χ3v) is 7.43. The lowest BCUT2D eigenvalue weighted by molar-refractivity contribution is 1.32. The fourth-order valence-electron chi connectivity index (χ4n) is 2.94. The number of halogens is 4. The van der Waals surface area contributed by atoms with Crippen molar-refractivity contribution < 1.29 is 0 Å². The third-order valence-electron chi connectivity index (χ3n) is 4.80. The van der Waals surface area contributed by atoms with Crippen LogP contribution in [-0.4, -0.2) is 0 Å². The highest BCUT2D eigenvalue weighted by Crippen LogP contribution is 2.43. The highest BCUT2D eigenvalue weighted by Gasteiger charge is 2.15. The SMILES string of the molecule is Cc1cc(Br)c(-c2cc(-c3cc(C)c(C)cc3Br)c(Br)cc2Br)cc1C. The molecule has 134 valence electrons. The van der Waals surface area contributed by atoms with Gasteiger partial charge in [-0.2, -0.15) is 0 Å². The Hall–Kier alpha value is -0.420. The summed E-state index contributed by atoms with van der Waals surface area (Å²) in [6.07, 6.45) is 0. The van der Waals surface area contributed by atoms with E-state index in [0.717, 1.165) is 17.9 Å². The van der Waals surface area contributed by atoms with Crippen LogP contribution in [-0.2, 0) is 0 Å². The van der Waals surface area contributed by atoms with Gasteiger partial charge in [-0.1, -0.05) is 75.9 Å². The zero-order valence-corrected chi connectivity index (χ0v) is 21.3. The Labute approximate surface area is 188 Å². The first kappa shape index (κ1) is 20.3. The number of hydrogen-bond donors (Lipinski definition) is 0. The van der Waals surface area contributed by atoms with E-state index in [-0.39, 0.29) is 0 Å². The summed E-state index contributed by atoms with van der Waals surface area (Å²) in [6.45, 7) is 8.58. The van der Waals surface area contributed by atoms with E-state index in [1.54, 1.807) is 0 Å². The Kier molecular flexibility index (Phi) is 6.18. The van der Waals surface area contributed by atoms with Gasteiger partial charge < -0.3 is 0 Å².